The van der Waals surface area contributed by atoms with Gasteiger partial charge in [-0.2, -0.15) is 0 Å². The van der Waals surface area contributed by atoms with Crippen molar-refractivity contribution in [3.63, 3.8) is 0 Å². The highest BCUT2D eigenvalue weighted by Gasteiger charge is 2.26. The first-order chi connectivity index (χ1) is 89.7. The highest BCUT2D eigenvalue weighted by Crippen LogP contribution is 2.34. The maximum atomic E-state index is 13.0. The first kappa shape index (κ1) is 48.1. The predicted octanol–water partition coefficient (Wildman–Crippen LogP) is 19.5. The van der Waals surface area contributed by atoms with Gasteiger partial charge < -0.3 is 55.8 Å². The van der Waals surface area contributed by atoms with Crippen LogP contribution in [0.2, 0.25) is 0 Å². The number of fused-ring (bicyclic) bond motifs is 6. The van der Waals surface area contributed by atoms with Crippen LogP contribution >= 0.6 is 0 Å². The van der Waals surface area contributed by atoms with Crippen LogP contribution in [0.5, 0.6) is 0 Å². The molecule has 12 aromatic heterocycles. The van der Waals surface area contributed by atoms with Gasteiger partial charge in [-0.1, -0.05) is 215 Å². The summed E-state index contributed by atoms with van der Waals surface area (Å²) in [6.45, 7) is -39.4. The number of hydrogen-bond acceptors (Lipinski definition) is 12. The zero-order valence-electron chi connectivity index (χ0n) is 134. The summed E-state index contributed by atoms with van der Waals surface area (Å²) in [7, 11) is 2.18. The zero-order chi connectivity index (χ0) is 149. The highest BCUT2D eigenvalue weighted by molar-refractivity contribution is 5.87. The van der Waals surface area contributed by atoms with Crippen LogP contribution in [0.4, 0.5) is 0 Å². The molecule has 708 valence electrons. The Morgan fingerprint density at radius 2 is 0.391 bits per heavy atom. The van der Waals surface area contributed by atoms with Gasteiger partial charge in [0.2, 0.25) is 35.4 Å². The number of amides is 6. The summed E-state index contributed by atoms with van der Waals surface area (Å²) in [5.74, 6) is -6.19. The summed E-state index contributed by atoms with van der Waals surface area (Å²) in [6, 6.07) is 39.4. The molecule has 0 aliphatic heterocycles. The Bertz CT molecular complexity index is 10000. The standard InChI is InChI=1S/6C19H21N3O/c6*1-13-5-8-15(9-6-13)19-16(11-18(23)21(3)4)22-12-14(2)7-10-17(22)20-19/h6*5-10,12H,11H2,1-4H3/i1D3,2D3,3D3,5D,6D,8D,9D;1D3,3D3,5D,6D,8D,9D;1D3,2D3,3D3,4D3;2D3,3D3,4D3;1D3,3D3,4D3;3D3,4D3. The molecule has 24 nitrogen and oxygen atoms in total. The van der Waals surface area contributed by atoms with Crippen molar-refractivity contribution < 1.29 is 110 Å². The van der Waals surface area contributed by atoms with Gasteiger partial charge in [0.25, 0.3) is 0 Å². The maximum Gasteiger partial charge on any atom is 0.228 e. The van der Waals surface area contributed by atoms with Crippen molar-refractivity contribution in [1.29, 1.82) is 0 Å². The molecule has 138 heavy (non-hydrogen) atoms. The topological polar surface area (TPSA) is 226 Å². The smallest absolute Gasteiger partial charge is 0.228 e. The van der Waals surface area contributed by atoms with Gasteiger partial charge in [-0.05, 0) is 152 Å². The quantitative estimate of drug-likeness (QED) is 0.0782. The Morgan fingerprint density at radius 1 is 0.217 bits per heavy atom. The lowest BCUT2D eigenvalue weighted by Crippen LogP contribution is -2.24. The van der Waals surface area contributed by atoms with Crippen LogP contribution in [-0.2, 0) is 67.3 Å². The van der Waals surface area contributed by atoms with Crippen LogP contribution in [0.1, 0.15) is 182 Å². The third kappa shape index (κ3) is 24.1. The Morgan fingerprint density at radius 3 is 0.594 bits per heavy atom. The molecule has 18 aromatic rings. The molecule has 0 aliphatic carbocycles. The van der Waals surface area contributed by atoms with Gasteiger partial charge >= 0.3 is 0 Å². The van der Waals surface area contributed by atoms with Crippen LogP contribution in [0.25, 0.3) is 101 Å². The van der Waals surface area contributed by atoms with Crippen molar-refractivity contribution in [2.75, 3.05) is 83.9 Å². The zero-order valence-corrected chi connectivity index (χ0v) is 74.9. The van der Waals surface area contributed by atoms with Crippen molar-refractivity contribution in [2.24, 2.45) is 0 Å². The van der Waals surface area contributed by atoms with Crippen LogP contribution in [0, 0.1) is 82.6 Å². The number of aromatic nitrogens is 12. The Hall–Kier alpha value is -15.7. The third-order valence-electron chi connectivity index (χ3n) is 21.1. The van der Waals surface area contributed by atoms with E-state index in [9.17, 15) is 28.8 Å². The molecule has 0 bridgehead atoms. The lowest BCUT2D eigenvalue weighted by Gasteiger charge is -2.11. The predicted molar refractivity (Wildman–Crippen MR) is 555 cm³/mol. The van der Waals surface area contributed by atoms with Crippen molar-refractivity contribution in [3.8, 4) is 67.5 Å². The van der Waals surface area contributed by atoms with Gasteiger partial charge in [-0.3, -0.25) is 28.8 Å². The number of carbonyl (C=O) groups excluding carboxylic acids is 6. The molecule has 24 heteroatoms. The molecule has 6 aromatic carbocycles. The van der Waals surface area contributed by atoms with Gasteiger partial charge in [0.15, 0.2) is 0 Å². The normalized spacial score (nSPS) is 18.8. The van der Waals surface area contributed by atoms with Crippen molar-refractivity contribution >= 4 is 69.3 Å². The number of imidazole rings is 6. The average molecular weight is 1900 g/mol. The Balaban J connectivity index is 0.000000190. The minimum Gasteiger partial charge on any atom is -0.348 e. The minimum atomic E-state index is -3.26. The van der Waals surface area contributed by atoms with Gasteiger partial charge in [-0.15, -0.1) is 0 Å². The minimum absolute atomic E-state index is 0.00458. The lowest BCUT2D eigenvalue weighted by molar-refractivity contribution is -0.128. The number of likely N-dealkylation sites (N-methyl/N-ethyl adjacent to an activating group) is 6. The van der Waals surface area contributed by atoms with E-state index in [1.165, 1.54) is 109 Å². The van der Waals surface area contributed by atoms with Crippen molar-refractivity contribution in [1.82, 2.24) is 85.7 Å². The number of carbonyl (C=O) groups is 6. The summed E-state index contributed by atoms with van der Waals surface area (Å²) in [5, 5.41) is 0. The molecule has 0 radical (unpaired) electrons. The second-order valence-electron chi connectivity index (χ2n) is 31.5. The largest absolute Gasteiger partial charge is 0.348 e. The summed E-state index contributed by atoms with van der Waals surface area (Å²) in [6.07, 6.45) is 5.50. The Kier molecular flexibility index (Phi) is 15.3. The molecule has 0 N–H and O–H groups in total. The number of hydrogen-bond donors (Lipinski definition) is 0. The van der Waals surface area contributed by atoms with E-state index in [0.29, 0.717) is 77.5 Å². The molecule has 0 spiro atoms. The molecular formula is C114H126N18O6. The number of pyridine rings is 6. The van der Waals surface area contributed by atoms with E-state index >= 15 is 0 Å². The van der Waals surface area contributed by atoms with E-state index in [4.69, 9.17) is 80.9 Å². The van der Waals surface area contributed by atoms with Crippen molar-refractivity contribution in [3.05, 3.63) is 356 Å². The second kappa shape index (κ2) is 43.7. The first-order valence-electron chi connectivity index (χ1n) is 71.1. The third-order valence-corrected chi connectivity index (χ3v) is 21.1. The van der Waals surface area contributed by atoms with E-state index in [1.54, 1.807) is 82.8 Å². The van der Waals surface area contributed by atoms with Gasteiger partial charge in [-0.25, -0.2) is 29.9 Å². The molecule has 0 aliphatic rings. The first-order valence-corrected chi connectivity index (χ1v) is 41.6. The Labute approximate surface area is 892 Å². The van der Waals surface area contributed by atoms with E-state index in [0.717, 1.165) is 47.5 Å². The number of aryl methyl sites for hydroxylation is 10. The molecule has 0 unspecified atom stereocenters. The average Bonchev–Trinajstić information content (AvgIpc) is 1.65. The van der Waals surface area contributed by atoms with E-state index in [2.05, 4.69) is 29.9 Å². The lowest BCUT2D eigenvalue weighted by atomic mass is 10.1. The molecule has 6 amide bonds. The van der Waals surface area contributed by atoms with E-state index in [1.807, 2.05) is 76.2 Å². The van der Waals surface area contributed by atoms with Gasteiger partial charge in [0, 0.05) is 224 Å². The molecule has 18 rings (SSSR count). The monoisotopic (exact) mass is 1900 g/mol. The molecular weight excluding hydrogens is 1720 g/mol. The SMILES string of the molecule is [2H]C([2H])([2H])N(C(=O)Cc1c(-c2ccc(C)cc2)nc2ccc(C)cn12)C([2H])([2H])[2H].[2H]C([2H])([2H])c1ccc(-c2nc3ccc(C([2H])([2H])[2H])cn3c2CC(=O)N(C([2H])([2H])[2H])C([2H])([2H])[2H])cc1.[2H]C([2H])([2H])c1ccc(-c2nc3ccc(C)cn3c2CC(=O)N(C([2H])([2H])[2H])C([2H])([2H])[2H])cc1.[2H]C([2H])([2H])c1ccc2nc(-c3ccc(C)cc3)c(CC(=O)N(C([2H])([2H])[2H])C([2H])([2H])[2H])n2c1.[2H]c1c([2H])c(C([2H])([2H])[2H])c([2H])c([2H])c1-c1nc2ccc(C([2H])([2H])[2H])cn2c1CC(=O)N(C)C([2H])([2H])[2H].[2H]c1c([2H])c(C([2H])([2H])[2H])c([2H])c([2H])c1-c1nc2ccc(C)cn2c1CC(=O)N(C)C([2H])([2H])[2H]. The van der Waals surface area contributed by atoms with Crippen LogP contribution in [0.15, 0.2) is 255 Å². The number of nitrogens with zero attached hydrogens (tertiary/aromatic N) is 18. The maximum absolute atomic E-state index is 13.0. The molecule has 0 saturated carbocycles. The number of benzene rings is 6. The van der Waals surface area contributed by atoms with E-state index < -0.39 is 257 Å². The van der Waals surface area contributed by atoms with Crippen molar-refractivity contribution in [2.45, 2.75) is 121 Å². The summed E-state index contributed by atoms with van der Waals surface area (Å²) < 4.78 is 460. The highest BCUT2D eigenvalue weighted by atomic mass is 16.2. The fraction of sp³-hybridized carbons (Fsp3) is 0.263. The second-order valence-corrected chi connectivity index (χ2v) is 31.5. The summed E-state index contributed by atoms with van der Waals surface area (Å²) >= 11 is 0. The van der Waals surface area contributed by atoms with Crippen LogP contribution in [-0.4, -0.2) is 205 Å². The molecule has 0 atom stereocenters. The molecule has 12 heterocycles. The summed E-state index contributed by atoms with van der Waals surface area (Å²) in [4.78, 5) is 105. The summed E-state index contributed by atoms with van der Waals surface area (Å²) in [5.41, 5.74) is 8.82. The number of rotatable bonds is 18. The molecule has 0 fully saturated rings. The van der Waals surface area contributed by atoms with Gasteiger partial charge in [0.05, 0.1) is 118 Å². The fourth-order valence-corrected chi connectivity index (χ4v) is 14.2. The van der Waals surface area contributed by atoms with Gasteiger partial charge in [0.1, 0.15) is 33.9 Å². The van der Waals surface area contributed by atoms with Crippen LogP contribution in [0.3, 0.4) is 0 Å². The van der Waals surface area contributed by atoms with Crippen LogP contribution < -0.4 is 0 Å². The molecule has 0 saturated heterocycles. The fourth-order valence-electron chi connectivity index (χ4n) is 14.2. The van der Waals surface area contributed by atoms with E-state index in [-0.39, 0.29) is 104 Å².